The van der Waals surface area contributed by atoms with E-state index in [0.717, 1.165) is 29.2 Å². The maximum atomic E-state index is 11.4. The quantitative estimate of drug-likeness (QED) is 0.733. The van der Waals surface area contributed by atoms with Gasteiger partial charge in [-0.3, -0.25) is 4.79 Å². The second-order valence-electron chi connectivity index (χ2n) is 5.83. The number of fused-ring (bicyclic) bond motifs is 1. The molecule has 0 aromatic heterocycles. The number of amides is 1. The number of carbonyl (C=O) groups excluding carboxylic acids is 1. The van der Waals surface area contributed by atoms with Crippen LogP contribution in [0, 0.1) is 0 Å². The molecule has 0 saturated carbocycles. The van der Waals surface area contributed by atoms with Gasteiger partial charge in [-0.05, 0) is 44.1 Å². The zero-order valence-electron chi connectivity index (χ0n) is 11.9. The Morgan fingerprint density at radius 2 is 2.30 bits per heavy atom. The average molecular weight is 274 g/mol. The summed E-state index contributed by atoms with van der Waals surface area (Å²) in [6.07, 6.45) is 4.25. The first kappa shape index (κ1) is 13.2. The van der Waals surface area contributed by atoms with Crippen LogP contribution in [0.4, 0.5) is 17.1 Å². The topological polar surface area (TPSA) is 70.4 Å². The molecule has 0 bridgehead atoms. The molecule has 1 aromatic rings. The summed E-state index contributed by atoms with van der Waals surface area (Å²) in [5.74, 6) is 0.0450. The van der Waals surface area contributed by atoms with Crippen LogP contribution in [0.25, 0.3) is 0 Å². The monoisotopic (exact) mass is 274 g/mol. The van der Waals surface area contributed by atoms with E-state index < -0.39 is 0 Å². The highest BCUT2D eigenvalue weighted by Crippen LogP contribution is 2.31. The van der Waals surface area contributed by atoms with Gasteiger partial charge < -0.3 is 21.3 Å². The van der Waals surface area contributed by atoms with E-state index in [2.05, 4.69) is 22.6 Å². The fourth-order valence-corrected chi connectivity index (χ4v) is 3.08. The lowest BCUT2D eigenvalue weighted by molar-refractivity contribution is -0.115. The minimum atomic E-state index is 0.0450. The molecule has 1 unspecified atom stereocenters. The Hall–Kier alpha value is -1.75. The Bertz CT molecular complexity index is 529. The maximum absolute atomic E-state index is 11.4. The number of hydrogen-bond donors (Lipinski definition) is 3. The van der Waals surface area contributed by atoms with Crippen LogP contribution in [0.2, 0.25) is 0 Å². The van der Waals surface area contributed by atoms with Crippen molar-refractivity contribution >= 4 is 23.0 Å². The summed E-state index contributed by atoms with van der Waals surface area (Å²) in [6, 6.07) is 4.42. The Labute approximate surface area is 119 Å². The number of rotatable bonds is 3. The zero-order valence-corrected chi connectivity index (χ0v) is 11.9. The van der Waals surface area contributed by atoms with Crippen LogP contribution in [0.5, 0.6) is 0 Å². The second-order valence-corrected chi connectivity index (χ2v) is 5.83. The summed E-state index contributed by atoms with van der Waals surface area (Å²) < 4.78 is 0. The highest BCUT2D eigenvalue weighted by atomic mass is 16.1. The van der Waals surface area contributed by atoms with Crippen molar-refractivity contribution in [3.05, 3.63) is 17.7 Å². The van der Waals surface area contributed by atoms with Gasteiger partial charge in [0, 0.05) is 18.3 Å². The van der Waals surface area contributed by atoms with Crippen LogP contribution in [-0.2, 0) is 11.2 Å². The Morgan fingerprint density at radius 1 is 1.45 bits per heavy atom. The number of nitrogen functional groups attached to an aromatic ring is 1. The van der Waals surface area contributed by atoms with Gasteiger partial charge in [0.05, 0.1) is 17.8 Å². The summed E-state index contributed by atoms with van der Waals surface area (Å²) in [5.41, 5.74) is 9.60. The van der Waals surface area contributed by atoms with Crippen LogP contribution in [0.15, 0.2) is 12.1 Å². The first-order chi connectivity index (χ1) is 9.63. The lowest BCUT2D eigenvalue weighted by atomic mass is 10.0. The molecule has 1 saturated heterocycles. The van der Waals surface area contributed by atoms with E-state index in [1.807, 2.05) is 12.1 Å². The molecular formula is C15H22N4O. The zero-order chi connectivity index (χ0) is 14.1. The third-order valence-electron chi connectivity index (χ3n) is 4.35. The largest absolute Gasteiger partial charge is 0.397 e. The number of likely N-dealkylation sites (N-methyl/N-ethyl adjacent to an activating group) is 1. The number of carbonyl (C=O) groups is 1. The Kier molecular flexibility index (Phi) is 3.53. The Morgan fingerprint density at radius 3 is 3.10 bits per heavy atom. The first-order valence-electron chi connectivity index (χ1n) is 7.30. The summed E-state index contributed by atoms with van der Waals surface area (Å²) in [4.78, 5) is 13.8. The summed E-state index contributed by atoms with van der Waals surface area (Å²) in [5, 5.41) is 6.31. The lowest BCUT2D eigenvalue weighted by Gasteiger charge is -2.32. The van der Waals surface area contributed by atoms with Crippen LogP contribution in [0.1, 0.15) is 24.8 Å². The van der Waals surface area contributed by atoms with Gasteiger partial charge in [0.15, 0.2) is 0 Å². The van der Waals surface area contributed by atoms with Gasteiger partial charge >= 0.3 is 0 Å². The van der Waals surface area contributed by atoms with Gasteiger partial charge in [0.1, 0.15) is 0 Å². The van der Waals surface area contributed by atoms with Crippen molar-refractivity contribution in [2.24, 2.45) is 0 Å². The second kappa shape index (κ2) is 5.32. The third kappa shape index (κ3) is 2.58. The van der Waals surface area contributed by atoms with E-state index >= 15 is 0 Å². The molecule has 5 nitrogen and oxygen atoms in total. The van der Waals surface area contributed by atoms with E-state index in [0.29, 0.717) is 12.5 Å². The molecule has 0 spiro atoms. The highest BCUT2D eigenvalue weighted by Gasteiger charge is 2.21. The molecule has 1 amide bonds. The van der Waals surface area contributed by atoms with Crippen molar-refractivity contribution in [3.63, 3.8) is 0 Å². The normalized spacial score (nSPS) is 22.4. The van der Waals surface area contributed by atoms with Crippen molar-refractivity contribution in [2.45, 2.75) is 31.7 Å². The number of nitrogens with zero attached hydrogens (tertiary/aromatic N) is 1. The SMILES string of the molecule is CN1CCCCC1CNc1cc2c(cc1N)CC(=O)N2. The molecule has 2 aliphatic heterocycles. The predicted octanol–water partition coefficient (Wildman–Crippen LogP) is 1.66. The van der Waals surface area contributed by atoms with Crippen LogP contribution in [0.3, 0.4) is 0 Å². The molecule has 1 fully saturated rings. The van der Waals surface area contributed by atoms with E-state index in [1.165, 1.54) is 25.8 Å². The predicted molar refractivity (Wildman–Crippen MR) is 81.9 cm³/mol. The molecule has 2 heterocycles. The fraction of sp³-hybridized carbons (Fsp3) is 0.533. The smallest absolute Gasteiger partial charge is 0.228 e. The van der Waals surface area contributed by atoms with E-state index in [9.17, 15) is 4.79 Å². The molecule has 2 aliphatic rings. The molecule has 108 valence electrons. The van der Waals surface area contributed by atoms with Crippen LogP contribution >= 0.6 is 0 Å². The van der Waals surface area contributed by atoms with E-state index in [-0.39, 0.29) is 5.91 Å². The molecule has 4 N–H and O–H groups in total. The molecule has 5 heteroatoms. The number of anilines is 3. The van der Waals surface area contributed by atoms with Crippen molar-refractivity contribution in [3.8, 4) is 0 Å². The van der Waals surface area contributed by atoms with Crippen molar-refractivity contribution < 1.29 is 4.79 Å². The number of nitrogens with one attached hydrogen (secondary N) is 2. The molecule has 3 rings (SSSR count). The molecule has 1 atom stereocenters. The molecular weight excluding hydrogens is 252 g/mol. The Balaban J connectivity index is 1.69. The van der Waals surface area contributed by atoms with Gasteiger partial charge in [-0.2, -0.15) is 0 Å². The molecule has 1 aromatic carbocycles. The molecule has 0 aliphatic carbocycles. The summed E-state index contributed by atoms with van der Waals surface area (Å²) in [6.45, 7) is 2.06. The first-order valence-corrected chi connectivity index (χ1v) is 7.30. The van der Waals surface area contributed by atoms with Gasteiger partial charge in [-0.15, -0.1) is 0 Å². The summed E-state index contributed by atoms with van der Waals surface area (Å²) >= 11 is 0. The average Bonchev–Trinajstić information content (AvgIpc) is 2.76. The number of hydrogen-bond acceptors (Lipinski definition) is 4. The molecule has 20 heavy (non-hydrogen) atoms. The van der Waals surface area contributed by atoms with Gasteiger partial charge in [-0.25, -0.2) is 0 Å². The van der Waals surface area contributed by atoms with Crippen molar-refractivity contribution in [1.29, 1.82) is 0 Å². The third-order valence-corrected chi connectivity index (χ3v) is 4.35. The standard InChI is InChI=1S/C15H22N4O/c1-19-5-3-2-4-11(19)9-17-14-8-13-10(6-12(14)16)7-15(20)18-13/h6,8,11,17H,2-5,7,9,16H2,1H3,(H,18,20). The minimum absolute atomic E-state index is 0.0450. The van der Waals surface area contributed by atoms with E-state index in [4.69, 9.17) is 5.73 Å². The molecule has 0 radical (unpaired) electrons. The number of likely N-dealkylation sites (tertiary alicyclic amines) is 1. The van der Waals surface area contributed by atoms with E-state index in [1.54, 1.807) is 0 Å². The number of nitrogens with two attached hydrogens (primary N) is 1. The van der Waals surface area contributed by atoms with Crippen molar-refractivity contribution in [1.82, 2.24) is 4.90 Å². The van der Waals surface area contributed by atoms with Gasteiger partial charge in [0.25, 0.3) is 0 Å². The highest BCUT2D eigenvalue weighted by molar-refractivity contribution is 6.00. The van der Waals surface area contributed by atoms with Crippen molar-refractivity contribution in [2.75, 3.05) is 36.5 Å². The number of benzene rings is 1. The van der Waals surface area contributed by atoms with Gasteiger partial charge in [0.2, 0.25) is 5.91 Å². The van der Waals surface area contributed by atoms with Crippen LogP contribution in [-0.4, -0.2) is 37.0 Å². The maximum Gasteiger partial charge on any atom is 0.228 e. The lowest BCUT2D eigenvalue weighted by Crippen LogP contribution is -2.40. The van der Waals surface area contributed by atoms with Gasteiger partial charge in [-0.1, -0.05) is 6.42 Å². The number of piperidine rings is 1. The fourth-order valence-electron chi connectivity index (χ4n) is 3.08. The summed E-state index contributed by atoms with van der Waals surface area (Å²) in [7, 11) is 2.18. The minimum Gasteiger partial charge on any atom is -0.397 e. The van der Waals surface area contributed by atoms with Crippen LogP contribution < -0.4 is 16.4 Å².